The van der Waals surface area contributed by atoms with Crippen LogP contribution in [0.4, 0.5) is 0 Å². The van der Waals surface area contributed by atoms with Gasteiger partial charge in [-0.25, -0.2) is 9.97 Å². The number of pyridine rings is 1. The maximum Gasteiger partial charge on any atom is 0.161 e. The van der Waals surface area contributed by atoms with Gasteiger partial charge in [-0.15, -0.1) is 23.5 Å². The molecule has 0 spiro atoms. The van der Waals surface area contributed by atoms with Crippen LogP contribution in [0, 0.1) is 0 Å². The van der Waals surface area contributed by atoms with E-state index >= 15 is 0 Å². The minimum absolute atomic E-state index is 0.706. The van der Waals surface area contributed by atoms with Gasteiger partial charge < -0.3 is 0 Å². The quantitative estimate of drug-likeness (QED) is 0.188. The van der Waals surface area contributed by atoms with Crippen LogP contribution in [-0.2, 0) is 11.5 Å². The average Bonchev–Trinajstić information content (AvgIpc) is 2.85. The van der Waals surface area contributed by atoms with Gasteiger partial charge >= 0.3 is 0 Å². The smallest absolute Gasteiger partial charge is 0.161 e. The molecule has 0 bridgehead atoms. The molecule has 7 heteroatoms. The van der Waals surface area contributed by atoms with Crippen LogP contribution in [-0.4, -0.2) is 15.0 Å². The molecule has 0 unspecified atom stereocenters. The van der Waals surface area contributed by atoms with Gasteiger partial charge in [0.2, 0.25) is 0 Å². The number of hydrogen-bond donors (Lipinski definition) is 0. The minimum Gasteiger partial charge on any atom is -0.265 e. The molecule has 0 aliphatic rings. The van der Waals surface area contributed by atoms with Crippen LogP contribution in [0.15, 0.2) is 89.2 Å². The summed E-state index contributed by atoms with van der Waals surface area (Å²) in [6.07, 6.45) is 3.51. The summed E-state index contributed by atoms with van der Waals surface area (Å²) in [5.74, 6) is 2.33. The number of nitrogens with zero attached hydrogens (tertiary/aromatic N) is 3. The Labute approximate surface area is 208 Å². The molecule has 0 radical (unpaired) electrons. The number of benzene rings is 2. The van der Waals surface area contributed by atoms with Crippen molar-refractivity contribution in [2.24, 2.45) is 0 Å². The zero-order valence-corrected chi connectivity index (χ0v) is 21.0. The third-order valence-corrected chi connectivity index (χ3v) is 6.69. The largest absolute Gasteiger partial charge is 0.265 e. The van der Waals surface area contributed by atoms with Gasteiger partial charge in [-0.2, -0.15) is 0 Å². The highest BCUT2D eigenvalue weighted by Gasteiger charge is 2.09. The number of aromatic nitrogens is 3. The highest BCUT2D eigenvalue weighted by molar-refractivity contribution is 7.99. The molecule has 2 aromatic carbocycles. The fraction of sp³-hybridized carbons (Fsp3) is 0.160. The normalized spacial score (nSPS) is 10.4. The van der Waals surface area contributed by atoms with Gasteiger partial charge in [-0.3, -0.25) is 4.98 Å². The lowest BCUT2D eigenvalue weighted by atomic mass is 10.2. The summed E-state index contributed by atoms with van der Waals surface area (Å²) in [5, 5.41) is 3.36. The Morgan fingerprint density at radius 3 is 1.53 bits per heavy atom. The summed E-state index contributed by atoms with van der Waals surface area (Å²) in [7, 11) is 0. The summed E-state index contributed by atoms with van der Waals surface area (Å²) >= 11 is 15.3. The summed E-state index contributed by atoms with van der Waals surface area (Å²) in [5.41, 5.74) is 3.35. The van der Waals surface area contributed by atoms with E-state index in [0.717, 1.165) is 37.2 Å². The van der Waals surface area contributed by atoms with Gasteiger partial charge in [-0.05, 0) is 47.5 Å². The van der Waals surface area contributed by atoms with Crippen molar-refractivity contribution in [2.45, 2.75) is 35.4 Å². The maximum absolute atomic E-state index is 5.99. The zero-order chi connectivity index (χ0) is 22.8. The second-order valence-electron chi connectivity index (χ2n) is 6.43. The van der Waals surface area contributed by atoms with E-state index in [1.54, 1.807) is 35.9 Å². The summed E-state index contributed by atoms with van der Waals surface area (Å²) in [6.45, 7) is 4.00. The van der Waals surface area contributed by atoms with Gasteiger partial charge in [0.15, 0.2) is 5.82 Å². The molecular weight excluding hydrogens is 477 g/mol. The lowest BCUT2D eigenvalue weighted by Crippen LogP contribution is -1.95. The van der Waals surface area contributed by atoms with Crippen molar-refractivity contribution in [3.63, 3.8) is 0 Å². The molecule has 2 aromatic heterocycles. The van der Waals surface area contributed by atoms with Crippen LogP contribution in [0.1, 0.15) is 25.0 Å². The van der Waals surface area contributed by atoms with Crippen LogP contribution in [0.25, 0.3) is 11.4 Å². The lowest BCUT2D eigenvalue weighted by Gasteiger charge is -2.09. The Balaban J connectivity index is 0.00000141. The Hall–Kier alpha value is -2.05. The SMILES string of the molecule is CC.Clc1ccc(CSc2cc(SCc3ccc(Cl)cc3)nc(-c3ccncc3)n2)cc1. The summed E-state index contributed by atoms with van der Waals surface area (Å²) in [4.78, 5) is 13.6. The maximum atomic E-state index is 5.99. The summed E-state index contributed by atoms with van der Waals surface area (Å²) in [6, 6.07) is 21.7. The number of thioether (sulfide) groups is 2. The van der Waals surface area contributed by atoms with Gasteiger partial charge in [0, 0.05) is 45.6 Å². The molecule has 32 heavy (non-hydrogen) atoms. The second-order valence-corrected chi connectivity index (χ2v) is 9.30. The molecule has 0 atom stereocenters. The topological polar surface area (TPSA) is 38.7 Å². The molecule has 0 fully saturated rings. The zero-order valence-electron chi connectivity index (χ0n) is 17.8. The Morgan fingerprint density at radius 1 is 0.656 bits per heavy atom. The van der Waals surface area contributed by atoms with Crippen molar-refractivity contribution in [1.29, 1.82) is 0 Å². The minimum atomic E-state index is 0.706. The molecule has 3 nitrogen and oxygen atoms in total. The first-order chi connectivity index (χ1) is 15.7. The van der Waals surface area contributed by atoms with Crippen molar-refractivity contribution in [2.75, 3.05) is 0 Å². The van der Waals surface area contributed by atoms with E-state index in [0.29, 0.717) is 5.82 Å². The van der Waals surface area contributed by atoms with Crippen molar-refractivity contribution in [1.82, 2.24) is 15.0 Å². The summed E-state index contributed by atoms with van der Waals surface area (Å²) < 4.78 is 0. The Bertz CT molecular complexity index is 1040. The van der Waals surface area contributed by atoms with Crippen LogP contribution in [0.3, 0.4) is 0 Å². The van der Waals surface area contributed by atoms with Gasteiger partial charge in [0.05, 0.1) is 0 Å². The molecule has 0 N–H and O–H groups in total. The van der Waals surface area contributed by atoms with E-state index in [4.69, 9.17) is 33.2 Å². The fourth-order valence-corrected chi connectivity index (χ4v) is 4.69. The van der Waals surface area contributed by atoms with E-state index in [-0.39, 0.29) is 0 Å². The van der Waals surface area contributed by atoms with Crippen molar-refractivity contribution in [3.8, 4) is 11.4 Å². The monoisotopic (exact) mass is 499 g/mol. The predicted molar refractivity (Wildman–Crippen MR) is 139 cm³/mol. The van der Waals surface area contributed by atoms with E-state index in [2.05, 4.69) is 4.98 Å². The van der Waals surface area contributed by atoms with E-state index < -0.39 is 0 Å². The fourth-order valence-electron chi connectivity index (χ4n) is 2.66. The predicted octanol–water partition coefficient (Wildman–Crippen LogP) is 8.46. The Morgan fingerprint density at radius 2 is 1.09 bits per heavy atom. The van der Waals surface area contributed by atoms with E-state index in [1.165, 1.54) is 11.1 Å². The molecule has 0 aliphatic heterocycles. The first-order valence-electron chi connectivity index (χ1n) is 10.2. The molecule has 4 rings (SSSR count). The standard InChI is InChI=1S/C23H17Cl2N3S2.C2H6/c24-19-5-1-16(2-6-19)14-29-21-13-22(30-15-17-3-7-20(25)8-4-17)28-23(27-21)18-9-11-26-12-10-18;1-2/h1-13H,14-15H2;1-2H3. The first-order valence-corrected chi connectivity index (χ1v) is 12.9. The first kappa shape index (κ1) is 24.6. The van der Waals surface area contributed by atoms with Crippen LogP contribution >= 0.6 is 46.7 Å². The number of halogens is 2. The van der Waals surface area contributed by atoms with Crippen molar-refractivity contribution >= 4 is 46.7 Å². The number of hydrogen-bond acceptors (Lipinski definition) is 5. The highest BCUT2D eigenvalue weighted by Crippen LogP contribution is 2.30. The van der Waals surface area contributed by atoms with Gasteiger partial charge in [0.25, 0.3) is 0 Å². The van der Waals surface area contributed by atoms with E-state index in [1.807, 2.05) is 80.6 Å². The highest BCUT2D eigenvalue weighted by atomic mass is 35.5. The van der Waals surface area contributed by atoms with Crippen LogP contribution in [0.5, 0.6) is 0 Å². The van der Waals surface area contributed by atoms with Crippen molar-refractivity contribution < 1.29 is 0 Å². The third-order valence-electron chi connectivity index (χ3n) is 4.22. The van der Waals surface area contributed by atoms with Crippen LogP contribution < -0.4 is 0 Å². The molecule has 2 heterocycles. The van der Waals surface area contributed by atoms with E-state index in [9.17, 15) is 0 Å². The van der Waals surface area contributed by atoms with Crippen molar-refractivity contribution in [3.05, 3.63) is 100 Å². The molecular formula is C25H23Cl2N3S2. The molecule has 0 saturated heterocycles. The average molecular weight is 501 g/mol. The number of rotatable bonds is 7. The molecule has 0 saturated carbocycles. The molecule has 164 valence electrons. The molecule has 0 aliphatic carbocycles. The van der Waals surface area contributed by atoms with Gasteiger partial charge in [0.1, 0.15) is 10.1 Å². The molecule has 4 aromatic rings. The second kappa shape index (κ2) is 12.9. The Kier molecular flexibility index (Phi) is 9.88. The van der Waals surface area contributed by atoms with Crippen LogP contribution in [0.2, 0.25) is 10.0 Å². The lowest BCUT2D eigenvalue weighted by molar-refractivity contribution is 0.973. The third kappa shape index (κ3) is 7.52. The van der Waals surface area contributed by atoms with Gasteiger partial charge in [-0.1, -0.05) is 61.3 Å². The molecule has 0 amide bonds.